The highest BCUT2D eigenvalue weighted by atomic mass is 32.2. The largest absolute Gasteiger partial charge is 0.300 e. The summed E-state index contributed by atoms with van der Waals surface area (Å²) in [5, 5.41) is 13.5. The normalized spacial score (nSPS) is 26.8. The van der Waals surface area contributed by atoms with Crippen LogP contribution in [0.15, 0.2) is 30.3 Å². The molecule has 1 aromatic rings. The van der Waals surface area contributed by atoms with Crippen LogP contribution in [0.5, 0.6) is 0 Å². The minimum absolute atomic E-state index is 0.276. The fourth-order valence-electron chi connectivity index (χ4n) is 2.79. The lowest BCUT2D eigenvalue weighted by Gasteiger charge is -2.36. The van der Waals surface area contributed by atoms with E-state index in [2.05, 4.69) is 48.6 Å². The molecule has 0 radical (unpaired) electrons. The maximum atomic E-state index is 9.45. The van der Waals surface area contributed by atoms with Gasteiger partial charge < -0.3 is 0 Å². The molecule has 2 atom stereocenters. The molecule has 0 aromatic heterocycles. The molecule has 1 aliphatic rings. The van der Waals surface area contributed by atoms with Crippen molar-refractivity contribution < 1.29 is 0 Å². The molecule has 1 aromatic carbocycles. The van der Waals surface area contributed by atoms with Gasteiger partial charge in [0.05, 0.1) is 6.07 Å². The molecule has 0 saturated heterocycles. The second-order valence-electron chi connectivity index (χ2n) is 5.24. The van der Waals surface area contributed by atoms with Crippen molar-refractivity contribution in [3.63, 3.8) is 0 Å². The van der Waals surface area contributed by atoms with E-state index in [4.69, 9.17) is 0 Å². The van der Waals surface area contributed by atoms with Crippen molar-refractivity contribution in [3.05, 3.63) is 35.9 Å². The molecule has 1 aliphatic carbocycles. The van der Waals surface area contributed by atoms with Crippen LogP contribution in [0.25, 0.3) is 0 Å². The van der Waals surface area contributed by atoms with Gasteiger partial charge in [0.15, 0.2) is 0 Å². The van der Waals surface area contributed by atoms with Gasteiger partial charge in [-0.25, -0.2) is 0 Å². The first-order valence-corrected chi connectivity index (χ1v) is 8.15. The summed E-state index contributed by atoms with van der Waals surface area (Å²) in [6.07, 6.45) is 4.38. The minimum atomic E-state index is -0.276. The Hall–Kier alpha value is -0.980. The van der Waals surface area contributed by atoms with Crippen molar-refractivity contribution in [2.45, 2.75) is 49.1 Å². The number of nitriles is 1. The molecule has 0 bridgehead atoms. The number of nitrogens with zero attached hydrogens (tertiary/aromatic N) is 1. The third kappa shape index (κ3) is 3.99. The smallest absolute Gasteiger partial charge is 0.107 e. The van der Waals surface area contributed by atoms with Crippen LogP contribution >= 0.6 is 11.8 Å². The molecule has 0 heterocycles. The van der Waals surface area contributed by atoms with Gasteiger partial charge in [-0.15, -0.1) is 0 Å². The van der Waals surface area contributed by atoms with E-state index in [1.165, 1.54) is 12.0 Å². The number of nitrogens with one attached hydrogen (secondary N) is 1. The molecule has 19 heavy (non-hydrogen) atoms. The molecule has 0 aliphatic heterocycles. The van der Waals surface area contributed by atoms with E-state index in [0.29, 0.717) is 5.25 Å². The molecule has 2 unspecified atom stereocenters. The van der Waals surface area contributed by atoms with Gasteiger partial charge in [0.25, 0.3) is 0 Å². The Bertz CT molecular complexity index is 422. The van der Waals surface area contributed by atoms with Crippen molar-refractivity contribution in [2.75, 3.05) is 6.54 Å². The van der Waals surface area contributed by atoms with Crippen LogP contribution < -0.4 is 5.32 Å². The van der Waals surface area contributed by atoms with Gasteiger partial charge in [0, 0.05) is 11.0 Å². The fourth-order valence-corrected chi connectivity index (χ4v) is 4.15. The third-order valence-corrected chi connectivity index (χ3v) is 5.14. The van der Waals surface area contributed by atoms with E-state index in [1.807, 2.05) is 11.8 Å². The molecular formula is C16H22N2S. The van der Waals surface area contributed by atoms with Crippen LogP contribution in [-0.2, 0) is 5.75 Å². The van der Waals surface area contributed by atoms with E-state index in [-0.39, 0.29) is 5.54 Å². The monoisotopic (exact) mass is 274 g/mol. The van der Waals surface area contributed by atoms with E-state index in [9.17, 15) is 5.26 Å². The van der Waals surface area contributed by atoms with Crippen molar-refractivity contribution >= 4 is 11.8 Å². The fraction of sp³-hybridized carbons (Fsp3) is 0.562. The van der Waals surface area contributed by atoms with Crippen molar-refractivity contribution in [1.82, 2.24) is 5.32 Å². The van der Waals surface area contributed by atoms with E-state index in [1.54, 1.807) is 0 Å². The number of thioether (sulfide) groups is 1. The molecule has 102 valence electrons. The zero-order chi connectivity index (χ0) is 13.6. The van der Waals surface area contributed by atoms with Crippen LogP contribution in [0.2, 0.25) is 0 Å². The van der Waals surface area contributed by atoms with Gasteiger partial charge in [-0.3, -0.25) is 5.32 Å². The summed E-state index contributed by atoms with van der Waals surface area (Å²) in [6.45, 7) is 2.96. The average molecular weight is 274 g/mol. The SMILES string of the molecule is CCNC1(C#N)CCCC(SCc2ccccc2)C1. The van der Waals surface area contributed by atoms with Crippen LogP contribution in [0, 0.1) is 11.3 Å². The summed E-state index contributed by atoms with van der Waals surface area (Å²) in [6, 6.07) is 13.1. The van der Waals surface area contributed by atoms with E-state index >= 15 is 0 Å². The highest BCUT2D eigenvalue weighted by Crippen LogP contribution is 2.36. The first kappa shape index (κ1) is 14.4. The molecule has 0 amide bonds. The summed E-state index contributed by atoms with van der Waals surface area (Å²) >= 11 is 2.00. The van der Waals surface area contributed by atoms with Crippen LogP contribution in [0.4, 0.5) is 0 Å². The predicted octanol–water partition coefficient (Wildman–Crippen LogP) is 3.73. The average Bonchev–Trinajstić information content (AvgIpc) is 2.47. The second-order valence-corrected chi connectivity index (χ2v) is 6.53. The van der Waals surface area contributed by atoms with Crippen molar-refractivity contribution in [2.24, 2.45) is 0 Å². The number of hydrogen-bond donors (Lipinski definition) is 1. The maximum absolute atomic E-state index is 9.45. The highest BCUT2D eigenvalue weighted by molar-refractivity contribution is 7.99. The molecule has 3 heteroatoms. The molecular weight excluding hydrogens is 252 g/mol. The lowest BCUT2D eigenvalue weighted by atomic mass is 9.82. The lowest BCUT2D eigenvalue weighted by Crippen LogP contribution is -2.48. The Kier molecular flexibility index (Phi) is 5.30. The first-order valence-electron chi connectivity index (χ1n) is 7.10. The number of hydrogen-bond acceptors (Lipinski definition) is 3. The van der Waals surface area contributed by atoms with Gasteiger partial charge >= 0.3 is 0 Å². The lowest BCUT2D eigenvalue weighted by molar-refractivity contribution is 0.309. The predicted molar refractivity (Wildman–Crippen MR) is 82.0 cm³/mol. The van der Waals surface area contributed by atoms with Crippen LogP contribution in [0.1, 0.15) is 38.2 Å². The Morgan fingerprint density at radius 3 is 2.89 bits per heavy atom. The molecule has 1 fully saturated rings. The quantitative estimate of drug-likeness (QED) is 0.888. The highest BCUT2D eigenvalue weighted by Gasteiger charge is 2.35. The standard InChI is InChI=1S/C16H22N2S/c1-2-18-16(13-17)10-6-9-15(11-16)19-12-14-7-4-3-5-8-14/h3-5,7-8,15,18H,2,6,9-12H2,1H3. The van der Waals surface area contributed by atoms with Gasteiger partial charge in [0.1, 0.15) is 5.54 Å². The zero-order valence-electron chi connectivity index (χ0n) is 11.6. The van der Waals surface area contributed by atoms with Gasteiger partial charge in [-0.2, -0.15) is 17.0 Å². The van der Waals surface area contributed by atoms with Crippen LogP contribution in [0.3, 0.4) is 0 Å². The summed E-state index contributed by atoms with van der Waals surface area (Å²) in [5.74, 6) is 1.05. The van der Waals surface area contributed by atoms with Gasteiger partial charge in [0.2, 0.25) is 0 Å². The van der Waals surface area contributed by atoms with Crippen LogP contribution in [-0.4, -0.2) is 17.3 Å². The van der Waals surface area contributed by atoms with Gasteiger partial charge in [-0.05, 0) is 37.8 Å². The Balaban J connectivity index is 1.89. The zero-order valence-corrected chi connectivity index (χ0v) is 12.4. The van der Waals surface area contributed by atoms with Crippen molar-refractivity contribution in [3.8, 4) is 6.07 Å². The van der Waals surface area contributed by atoms with Gasteiger partial charge in [-0.1, -0.05) is 37.3 Å². The molecule has 1 N–H and O–H groups in total. The summed E-state index contributed by atoms with van der Waals surface area (Å²) < 4.78 is 0. The second kappa shape index (κ2) is 6.98. The topological polar surface area (TPSA) is 35.8 Å². The Morgan fingerprint density at radius 1 is 1.42 bits per heavy atom. The molecule has 0 spiro atoms. The first-order chi connectivity index (χ1) is 9.28. The molecule has 1 saturated carbocycles. The summed E-state index contributed by atoms with van der Waals surface area (Å²) in [5.41, 5.74) is 1.10. The van der Waals surface area contributed by atoms with E-state index < -0.39 is 0 Å². The maximum Gasteiger partial charge on any atom is 0.107 e. The number of rotatable bonds is 5. The third-order valence-electron chi connectivity index (χ3n) is 3.76. The molecule has 2 rings (SSSR count). The van der Waals surface area contributed by atoms with Crippen molar-refractivity contribution in [1.29, 1.82) is 5.26 Å². The summed E-state index contributed by atoms with van der Waals surface area (Å²) in [4.78, 5) is 0. The molecule has 2 nitrogen and oxygen atoms in total. The minimum Gasteiger partial charge on any atom is -0.300 e. The number of benzene rings is 1. The summed E-state index contributed by atoms with van der Waals surface area (Å²) in [7, 11) is 0. The Labute approximate surface area is 120 Å². The van der Waals surface area contributed by atoms with E-state index in [0.717, 1.165) is 31.6 Å². The Morgan fingerprint density at radius 2 is 2.21 bits per heavy atom.